The van der Waals surface area contributed by atoms with Crippen LogP contribution in [0.4, 0.5) is 5.82 Å². The van der Waals surface area contributed by atoms with Gasteiger partial charge in [-0.2, -0.15) is 11.8 Å². The van der Waals surface area contributed by atoms with Gasteiger partial charge < -0.3 is 10.8 Å². The Morgan fingerprint density at radius 3 is 2.88 bits per heavy atom. The number of hydrogen-bond acceptors (Lipinski definition) is 4. The normalized spacial score (nSPS) is 27.9. The minimum Gasteiger partial charge on any atom is -0.389 e. The molecule has 1 aromatic heterocycles. The summed E-state index contributed by atoms with van der Waals surface area (Å²) >= 11 is 1.82. The summed E-state index contributed by atoms with van der Waals surface area (Å²) in [5.41, 5.74) is 6.33. The predicted molar refractivity (Wildman–Crippen MR) is 73.0 cm³/mol. The minimum atomic E-state index is -0.649. The van der Waals surface area contributed by atoms with E-state index in [2.05, 4.69) is 18.8 Å². The van der Waals surface area contributed by atoms with Crippen LogP contribution in [0.2, 0.25) is 0 Å². The van der Waals surface area contributed by atoms with Crippen molar-refractivity contribution in [3.63, 3.8) is 0 Å². The molecule has 1 unspecified atom stereocenters. The zero-order chi connectivity index (χ0) is 12.5. The van der Waals surface area contributed by atoms with Gasteiger partial charge in [0, 0.05) is 18.4 Å². The number of thioether (sulfide) groups is 1. The fourth-order valence-electron chi connectivity index (χ4n) is 2.58. The van der Waals surface area contributed by atoms with Crippen LogP contribution in [0.3, 0.4) is 0 Å². The van der Waals surface area contributed by atoms with Gasteiger partial charge in [-0.25, -0.2) is 4.98 Å². The van der Waals surface area contributed by atoms with E-state index in [0.717, 1.165) is 23.5 Å². The Hall–Kier alpha value is -0.740. The van der Waals surface area contributed by atoms with E-state index in [0.29, 0.717) is 12.2 Å². The molecule has 94 valence electrons. The van der Waals surface area contributed by atoms with E-state index in [1.807, 2.05) is 23.9 Å². The molecule has 0 aromatic carbocycles. The van der Waals surface area contributed by atoms with Crippen molar-refractivity contribution in [1.82, 2.24) is 4.98 Å². The van der Waals surface area contributed by atoms with Gasteiger partial charge in [-0.05, 0) is 29.2 Å². The highest BCUT2D eigenvalue weighted by atomic mass is 32.2. The van der Waals surface area contributed by atoms with Crippen LogP contribution in [0.5, 0.6) is 0 Å². The van der Waals surface area contributed by atoms with Crippen molar-refractivity contribution in [3.05, 3.63) is 23.9 Å². The number of anilines is 1. The molecule has 0 radical (unpaired) electrons. The number of aromatic nitrogens is 1. The van der Waals surface area contributed by atoms with Crippen molar-refractivity contribution in [3.8, 4) is 0 Å². The van der Waals surface area contributed by atoms with Gasteiger partial charge >= 0.3 is 0 Å². The van der Waals surface area contributed by atoms with Crippen molar-refractivity contribution in [2.24, 2.45) is 5.41 Å². The van der Waals surface area contributed by atoms with Gasteiger partial charge in [-0.3, -0.25) is 0 Å². The number of rotatable bonds is 2. The first-order chi connectivity index (χ1) is 7.90. The summed E-state index contributed by atoms with van der Waals surface area (Å²) in [5, 5.41) is 10.7. The molecule has 2 heterocycles. The second-order valence-electron chi connectivity index (χ2n) is 5.78. The van der Waals surface area contributed by atoms with Crippen molar-refractivity contribution >= 4 is 17.6 Å². The highest BCUT2D eigenvalue weighted by molar-refractivity contribution is 7.99. The maximum atomic E-state index is 10.7. The Bertz CT molecular complexity index is 408. The maximum absolute atomic E-state index is 10.7. The molecule has 1 aliphatic rings. The molecule has 1 aliphatic heterocycles. The zero-order valence-corrected chi connectivity index (χ0v) is 11.3. The van der Waals surface area contributed by atoms with Crippen LogP contribution in [-0.4, -0.2) is 27.2 Å². The third kappa shape index (κ3) is 3.13. The molecule has 0 spiro atoms. The lowest BCUT2D eigenvalue weighted by Crippen LogP contribution is -2.44. The lowest BCUT2D eigenvalue weighted by Gasteiger charge is -2.41. The molecular weight excluding hydrogens is 232 g/mol. The van der Waals surface area contributed by atoms with Gasteiger partial charge in [-0.1, -0.05) is 19.9 Å². The summed E-state index contributed by atoms with van der Waals surface area (Å²) < 4.78 is 0. The molecular formula is C13H20N2OS. The van der Waals surface area contributed by atoms with Crippen LogP contribution in [0.25, 0.3) is 0 Å². The van der Waals surface area contributed by atoms with E-state index >= 15 is 0 Å². The molecule has 3 N–H and O–H groups in total. The Morgan fingerprint density at radius 1 is 1.47 bits per heavy atom. The Kier molecular flexibility index (Phi) is 3.36. The fourth-order valence-corrected chi connectivity index (χ4v) is 3.92. The van der Waals surface area contributed by atoms with E-state index < -0.39 is 5.60 Å². The Balaban J connectivity index is 2.15. The van der Waals surface area contributed by atoms with Gasteiger partial charge in [0.2, 0.25) is 0 Å². The molecule has 3 nitrogen and oxygen atoms in total. The van der Waals surface area contributed by atoms with Gasteiger partial charge in [0.25, 0.3) is 0 Å². The summed E-state index contributed by atoms with van der Waals surface area (Å²) in [6, 6.07) is 3.82. The minimum absolute atomic E-state index is 0.189. The smallest absolute Gasteiger partial charge is 0.126 e. The second-order valence-corrected chi connectivity index (χ2v) is 6.77. The average molecular weight is 252 g/mol. The average Bonchev–Trinajstić information content (AvgIpc) is 2.19. The highest BCUT2D eigenvalue weighted by Crippen LogP contribution is 2.40. The lowest BCUT2D eigenvalue weighted by atomic mass is 9.79. The maximum Gasteiger partial charge on any atom is 0.126 e. The van der Waals surface area contributed by atoms with E-state index in [1.54, 1.807) is 6.20 Å². The Morgan fingerprint density at radius 2 is 2.24 bits per heavy atom. The third-order valence-electron chi connectivity index (χ3n) is 3.12. The molecule has 0 bridgehead atoms. The highest BCUT2D eigenvalue weighted by Gasteiger charge is 2.39. The molecule has 0 saturated carbocycles. The van der Waals surface area contributed by atoms with Gasteiger partial charge in [-0.15, -0.1) is 0 Å². The van der Waals surface area contributed by atoms with Crippen molar-refractivity contribution in [2.75, 3.05) is 17.2 Å². The predicted octanol–water partition coefficient (Wildman–Crippen LogP) is 2.10. The fraction of sp³-hybridized carbons (Fsp3) is 0.615. The van der Waals surface area contributed by atoms with Crippen molar-refractivity contribution < 1.29 is 5.11 Å². The number of nitrogens with two attached hydrogens (primary N) is 1. The van der Waals surface area contributed by atoms with E-state index in [9.17, 15) is 5.11 Å². The third-order valence-corrected chi connectivity index (χ3v) is 4.84. The molecule has 0 aliphatic carbocycles. The van der Waals surface area contributed by atoms with Crippen LogP contribution >= 0.6 is 11.8 Å². The molecule has 1 aromatic rings. The molecule has 4 heteroatoms. The lowest BCUT2D eigenvalue weighted by molar-refractivity contribution is 0.0201. The standard InChI is InChI=1S/C13H20N2OS/c1-12(2)7-13(16,9-17-8-12)6-10-4-3-5-15-11(10)14/h3-5,16H,6-9H2,1-2H3,(H2,14,15). The zero-order valence-electron chi connectivity index (χ0n) is 10.4. The number of nitrogen functional groups attached to an aromatic ring is 1. The van der Waals surface area contributed by atoms with Crippen LogP contribution < -0.4 is 5.73 Å². The molecule has 1 atom stereocenters. The number of pyridine rings is 1. The van der Waals surface area contributed by atoms with Crippen LogP contribution in [-0.2, 0) is 6.42 Å². The molecule has 0 amide bonds. The summed E-state index contributed by atoms with van der Waals surface area (Å²) in [6.07, 6.45) is 3.10. The quantitative estimate of drug-likeness (QED) is 0.846. The van der Waals surface area contributed by atoms with E-state index in [1.165, 1.54) is 0 Å². The molecule has 2 rings (SSSR count). The van der Waals surface area contributed by atoms with Crippen LogP contribution in [0.15, 0.2) is 18.3 Å². The number of aliphatic hydroxyl groups is 1. The second kappa shape index (κ2) is 4.50. The first kappa shape index (κ1) is 12.7. The number of nitrogens with zero attached hydrogens (tertiary/aromatic N) is 1. The SMILES string of the molecule is CC1(C)CSCC(O)(Cc2cccnc2N)C1. The molecule has 1 fully saturated rings. The van der Waals surface area contributed by atoms with Gasteiger partial charge in [0.1, 0.15) is 5.82 Å². The van der Waals surface area contributed by atoms with Crippen LogP contribution in [0, 0.1) is 5.41 Å². The first-order valence-corrected chi connectivity index (χ1v) is 7.05. The van der Waals surface area contributed by atoms with Gasteiger partial charge in [0.15, 0.2) is 0 Å². The van der Waals surface area contributed by atoms with Crippen molar-refractivity contribution in [1.29, 1.82) is 0 Å². The number of hydrogen-bond donors (Lipinski definition) is 2. The summed E-state index contributed by atoms with van der Waals surface area (Å²) in [4.78, 5) is 4.07. The van der Waals surface area contributed by atoms with E-state index in [4.69, 9.17) is 5.73 Å². The Labute approximate surface area is 107 Å². The van der Waals surface area contributed by atoms with Crippen molar-refractivity contribution in [2.45, 2.75) is 32.3 Å². The topological polar surface area (TPSA) is 59.1 Å². The largest absolute Gasteiger partial charge is 0.389 e. The van der Waals surface area contributed by atoms with Gasteiger partial charge in [0.05, 0.1) is 5.60 Å². The summed E-state index contributed by atoms with van der Waals surface area (Å²) in [6.45, 7) is 4.41. The van der Waals surface area contributed by atoms with Crippen LogP contribution in [0.1, 0.15) is 25.8 Å². The summed E-state index contributed by atoms with van der Waals surface area (Å²) in [5.74, 6) is 2.43. The first-order valence-electron chi connectivity index (χ1n) is 5.90. The molecule has 1 saturated heterocycles. The summed E-state index contributed by atoms with van der Waals surface area (Å²) in [7, 11) is 0. The monoisotopic (exact) mass is 252 g/mol. The molecule has 17 heavy (non-hydrogen) atoms. The van der Waals surface area contributed by atoms with E-state index in [-0.39, 0.29) is 5.41 Å².